The minimum absolute atomic E-state index is 0.704. The number of hydrogen-bond acceptors (Lipinski definition) is 2. The summed E-state index contributed by atoms with van der Waals surface area (Å²) in [5, 5.41) is 1.40. The van der Waals surface area contributed by atoms with E-state index in [2.05, 4.69) is 40.3 Å². The van der Waals surface area contributed by atoms with E-state index in [0.29, 0.717) is 5.92 Å². The van der Waals surface area contributed by atoms with Gasteiger partial charge in [-0.1, -0.05) is 18.2 Å². The number of fused-ring (bicyclic) bond motifs is 1. The number of hydrogen-bond donors (Lipinski definition) is 2. The second kappa shape index (κ2) is 5.12. The van der Waals surface area contributed by atoms with Crippen molar-refractivity contribution in [3.8, 4) is 0 Å². The lowest BCUT2D eigenvalue weighted by Crippen LogP contribution is -2.36. The number of aromatic nitrogens is 1. The van der Waals surface area contributed by atoms with Crippen LogP contribution in [0.1, 0.15) is 24.3 Å². The number of rotatable bonds is 3. The Morgan fingerprint density at radius 3 is 2.78 bits per heavy atom. The molecule has 1 fully saturated rings. The first-order chi connectivity index (χ1) is 8.88. The molecule has 3 nitrogen and oxygen atoms in total. The Labute approximate surface area is 108 Å². The molecule has 3 rings (SSSR count). The molecule has 0 radical (unpaired) electrons. The third-order valence-corrected chi connectivity index (χ3v) is 4.09. The highest BCUT2D eigenvalue weighted by atomic mass is 15.1. The predicted octanol–water partition coefficient (Wildman–Crippen LogP) is 2.31. The first-order valence-electron chi connectivity index (χ1n) is 6.87. The number of likely N-dealkylation sites (tertiary alicyclic amines) is 1. The summed E-state index contributed by atoms with van der Waals surface area (Å²) in [5.74, 6) is 0.704. The maximum atomic E-state index is 5.62. The van der Waals surface area contributed by atoms with Crippen molar-refractivity contribution < 1.29 is 0 Å². The molecule has 2 aromatic rings. The van der Waals surface area contributed by atoms with Crippen LogP contribution in [0, 0.1) is 0 Å². The molecule has 1 aliphatic heterocycles. The zero-order chi connectivity index (χ0) is 12.4. The van der Waals surface area contributed by atoms with Gasteiger partial charge in [-0.2, -0.15) is 0 Å². The quantitative estimate of drug-likeness (QED) is 0.869. The molecular weight excluding hydrogens is 222 g/mol. The maximum Gasteiger partial charge on any atom is 0.0456 e. The number of piperidine rings is 1. The van der Waals surface area contributed by atoms with Crippen molar-refractivity contribution in [1.29, 1.82) is 0 Å². The van der Waals surface area contributed by atoms with Crippen LogP contribution in [-0.4, -0.2) is 36.1 Å². The van der Waals surface area contributed by atoms with Gasteiger partial charge in [0, 0.05) is 30.2 Å². The van der Waals surface area contributed by atoms with Gasteiger partial charge in [-0.3, -0.25) is 0 Å². The van der Waals surface area contributed by atoms with Crippen LogP contribution in [-0.2, 0) is 0 Å². The Morgan fingerprint density at radius 2 is 2.00 bits per heavy atom. The number of H-pyrrole nitrogens is 1. The molecule has 3 N–H and O–H groups in total. The average molecular weight is 243 g/mol. The van der Waals surface area contributed by atoms with Crippen molar-refractivity contribution in [3.63, 3.8) is 0 Å². The smallest absolute Gasteiger partial charge is 0.0456 e. The fourth-order valence-corrected chi connectivity index (χ4v) is 3.08. The summed E-state index contributed by atoms with van der Waals surface area (Å²) in [6.07, 6.45) is 4.71. The van der Waals surface area contributed by atoms with Gasteiger partial charge in [-0.15, -0.1) is 0 Å². The molecule has 3 heteroatoms. The molecule has 1 saturated heterocycles. The Hall–Kier alpha value is -1.32. The van der Waals surface area contributed by atoms with Gasteiger partial charge in [-0.25, -0.2) is 0 Å². The summed E-state index contributed by atoms with van der Waals surface area (Å²) in [6, 6.07) is 8.60. The number of nitrogens with two attached hydrogens (primary N) is 1. The molecule has 2 heterocycles. The van der Waals surface area contributed by atoms with Gasteiger partial charge >= 0.3 is 0 Å². The lowest BCUT2D eigenvalue weighted by Gasteiger charge is -2.31. The van der Waals surface area contributed by atoms with Crippen LogP contribution in [0.2, 0.25) is 0 Å². The normalized spacial score (nSPS) is 18.5. The van der Waals surface area contributed by atoms with Crippen molar-refractivity contribution in [2.24, 2.45) is 5.73 Å². The topological polar surface area (TPSA) is 45.0 Å². The van der Waals surface area contributed by atoms with Gasteiger partial charge in [-0.05, 0) is 43.5 Å². The highest BCUT2D eigenvalue weighted by molar-refractivity contribution is 5.83. The highest BCUT2D eigenvalue weighted by Crippen LogP contribution is 2.32. The molecule has 0 unspecified atom stereocenters. The Morgan fingerprint density at radius 1 is 1.22 bits per heavy atom. The van der Waals surface area contributed by atoms with E-state index in [1.807, 2.05) is 0 Å². The number of nitrogens with one attached hydrogen (secondary N) is 1. The van der Waals surface area contributed by atoms with Crippen LogP contribution in [0.15, 0.2) is 30.5 Å². The van der Waals surface area contributed by atoms with Crippen LogP contribution in [0.25, 0.3) is 10.9 Å². The molecule has 0 amide bonds. The summed E-state index contributed by atoms with van der Waals surface area (Å²) in [4.78, 5) is 5.87. The average Bonchev–Trinajstić information content (AvgIpc) is 2.84. The first kappa shape index (κ1) is 11.8. The van der Waals surface area contributed by atoms with Crippen LogP contribution in [0.5, 0.6) is 0 Å². The van der Waals surface area contributed by atoms with Gasteiger partial charge in [0.15, 0.2) is 0 Å². The number of benzene rings is 1. The van der Waals surface area contributed by atoms with Gasteiger partial charge in [0.1, 0.15) is 0 Å². The lowest BCUT2D eigenvalue weighted by atomic mass is 9.89. The second-order valence-electron chi connectivity index (χ2n) is 5.19. The molecule has 18 heavy (non-hydrogen) atoms. The van der Waals surface area contributed by atoms with Crippen LogP contribution in [0.3, 0.4) is 0 Å². The summed E-state index contributed by atoms with van der Waals surface area (Å²) >= 11 is 0. The SMILES string of the molecule is NCCN1CCC(c2c[nH]c3ccccc23)CC1. The number of para-hydroxylation sites is 1. The predicted molar refractivity (Wildman–Crippen MR) is 75.8 cm³/mol. The molecule has 1 aromatic carbocycles. The Kier molecular flexibility index (Phi) is 3.35. The van der Waals surface area contributed by atoms with Crippen molar-refractivity contribution in [1.82, 2.24) is 9.88 Å². The van der Waals surface area contributed by atoms with E-state index in [4.69, 9.17) is 5.73 Å². The van der Waals surface area contributed by atoms with E-state index >= 15 is 0 Å². The van der Waals surface area contributed by atoms with E-state index < -0.39 is 0 Å². The molecule has 0 saturated carbocycles. The van der Waals surface area contributed by atoms with E-state index in [-0.39, 0.29) is 0 Å². The molecule has 0 atom stereocenters. The van der Waals surface area contributed by atoms with Crippen molar-refractivity contribution >= 4 is 10.9 Å². The number of nitrogens with zero attached hydrogens (tertiary/aromatic N) is 1. The van der Waals surface area contributed by atoms with Crippen molar-refractivity contribution in [3.05, 3.63) is 36.0 Å². The highest BCUT2D eigenvalue weighted by Gasteiger charge is 2.21. The van der Waals surface area contributed by atoms with E-state index in [1.165, 1.54) is 42.4 Å². The third kappa shape index (κ3) is 2.16. The van der Waals surface area contributed by atoms with E-state index in [1.54, 1.807) is 0 Å². The zero-order valence-corrected chi connectivity index (χ0v) is 10.7. The Bertz CT molecular complexity index is 509. The molecule has 1 aromatic heterocycles. The molecule has 1 aliphatic rings. The summed E-state index contributed by atoms with van der Waals surface area (Å²) in [5.41, 5.74) is 8.38. The van der Waals surface area contributed by atoms with E-state index in [0.717, 1.165) is 13.1 Å². The third-order valence-electron chi connectivity index (χ3n) is 4.09. The van der Waals surface area contributed by atoms with Crippen molar-refractivity contribution in [2.75, 3.05) is 26.2 Å². The van der Waals surface area contributed by atoms with Crippen LogP contribution >= 0.6 is 0 Å². The van der Waals surface area contributed by atoms with E-state index in [9.17, 15) is 0 Å². The standard InChI is InChI=1S/C15H21N3/c16-7-10-18-8-5-12(6-9-18)14-11-17-15-4-2-1-3-13(14)15/h1-4,11-12,17H,5-10,16H2. The van der Waals surface area contributed by atoms with Gasteiger partial charge in [0.2, 0.25) is 0 Å². The molecule has 96 valence electrons. The van der Waals surface area contributed by atoms with Gasteiger partial charge in [0.05, 0.1) is 0 Å². The summed E-state index contributed by atoms with van der Waals surface area (Å²) in [6.45, 7) is 4.18. The monoisotopic (exact) mass is 243 g/mol. The molecule has 0 bridgehead atoms. The molecular formula is C15H21N3. The largest absolute Gasteiger partial charge is 0.361 e. The fraction of sp³-hybridized carbons (Fsp3) is 0.467. The summed E-state index contributed by atoms with van der Waals surface area (Å²) < 4.78 is 0. The first-order valence-corrected chi connectivity index (χ1v) is 6.87. The molecule has 0 spiro atoms. The van der Waals surface area contributed by atoms with Gasteiger partial charge in [0.25, 0.3) is 0 Å². The number of aromatic amines is 1. The maximum absolute atomic E-state index is 5.62. The van der Waals surface area contributed by atoms with Crippen LogP contribution in [0.4, 0.5) is 0 Å². The fourth-order valence-electron chi connectivity index (χ4n) is 3.08. The Balaban J connectivity index is 1.76. The minimum atomic E-state index is 0.704. The zero-order valence-electron chi connectivity index (χ0n) is 10.7. The molecule has 0 aliphatic carbocycles. The van der Waals surface area contributed by atoms with Crippen LogP contribution < -0.4 is 5.73 Å². The van der Waals surface area contributed by atoms with Crippen molar-refractivity contribution in [2.45, 2.75) is 18.8 Å². The minimum Gasteiger partial charge on any atom is -0.361 e. The van der Waals surface area contributed by atoms with Gasteiger partial charge < -0.3 is 15.6 Å². The summed E-state index contributed by atoms with van der Waals surface area (Å²) in [7, 11) is 0. The second-order valence-corrected chi connectivity index (χ2v) is 5.19. The lowest BCUT2D eigenvalue weighted by molar-refractivity contribution is 0.218.